The summed E-state index contributed by atoms with van der Waals surface area (Å²) in [4.78, 5) is 4.77. The van der Waals surface area contributed by atoms with Crippen molar-refractivity contribution in [2.45, 2.75) is 18.9 Å². The molecule has 0 bridgehead atoms. The molecular weight excluding hydrogens is 326 g/mol. The fourth-order valence-electron chi connectivity index (χ4n) is 3.42. The van der Waals surface area contributed by atoms with Gasteiger partial charge in [-0.2, -0.15) is 0 Å². The van der Waals surface area contributed by atoms with E-state index in [1.807, 2.05) is 47.0 Å². The molecular formula is C20H19N5O. The van der Waals surface area contributed by atoms with Crippen molar-refractivity contribution in [3.05, 3.63) is 54.7 Å². The molecule has 0 radical (unpaired) electrons. The van der Waals surface area contributed by atoms with Gasteiger partial charge in [-0.25, -0.2) is 4.98 Å². The predicted octanol–water partition coefficient (Wildman–Crippen LogP) is 3.08. The largest absolute Gasteiger partial charge is 0.490 e. The molecule has 0 atom stereocenters. The number of hydrogen-bond donors (Lipinski definition) is 1. The number of fused-ring (bicyclic) bond motifs is 2. The lowest BCUT2D eigenvalue weighted by Crippen LogP contribution is -2.34. The fraction of sp³-hybridized carbons (Fsp3) is 0.250. The van der Waals surface area contributed by atoms with Crippen LogP contribution in [0.15, 0.2) is 54.7 Å². The van der Waals surface area contributed by atoms with Gasteiger partial charge in [0.25, 0.3) is 0 Å². The zero-order valence-electron chi connectivity index (χ0n) is 14.3. The van der Waals surface area contributed by atoms with E-state index in [1.54, 1.807) is 0 Å². The zero-order valence-corrected chi connectivity index (χ0v) is 14.3. The average Bonchev–Trinajstić information content (AvgIpc) is 3.13. The molecule has 4 heterocycles. The van der Waals surface area contributed by atoms with Gasteiger partial charge in [-0.05, 0) is 62.3 Å². The van der Waals surface area contributed by atoms with E-state index in [2.05, 4.69) is 27.6 Å². The molecule has 0 aliphatic carbocycles. The van der Waals surface area contributed by atoms with Crippen molar-refractivity contribution in [1.82, 2.24) is 24.9 Å². The first kappa shape index (κ1) is 15.3. The standard InChI is InChI=1S/C20H19N5O/c1-2-12-25-19(3-1)23-24-20(25)18-6-4-14-13-16(5-7-17(14)22-18)26-15-8-10-21-11-9-15/h1-7,12-13,15,21H,8-11H2. The summed E-state index contributed by atoms with van der Waals surface area (Å²) in [5.41, 5.74) is 2.55. The molecule has 6 heteroatoms. The maximum atomic E-state index is 6.13. The van der Waals surface area contributed by atoms with Crippen LogP contribution in [-0.4, -0.2) is 38.8 Å². The first-order valence-corrected chi connectivity index (χ1v) is 8.95. The first-order chi connectivity index (χ1) is 12.9. The highest BCUT2D eigenvalue weighted by Crippen LogP contribution is 2.25. The first-order valence-electron chi connectivity index (χ1n) is 8.95. The van der Waals surface area contributed by atoms with Crippen LogP contribution in [0.3, 0.4) is 0 Å². The quantitative estimate of drug-likeness (QED) is 0.618. The zero-order chi connectivity index (χ0) is 17.3. The number of hydrogen-bond acceptors (Lipinski definition) is 5. The Morgan fingerprint density at radius 3 is 2.85 bits per heavy atom. The Kier molecular flexibility index (Phi) is 3.75. The molecule has 1 N–H and O–H groups in total. The van der Waals surface area contributed by atoms with Crippen LogP contribution < -0.4 is 10.1 Å². The van der Waals surface area contributed by atoms with Gasteiger partial charge in [0.05, 0.1) is 5.52 Å². The predicted molar refractivity (Wildman–Crippen MR) is 100 cm³/mol. The lowest BCUT2D eigenvalue weighted by atomic mass is 10.1. The molecule has 0 spiro atoms. The van der Waals surface area contributed by atoms with E-state index in [1.165, 1.54) is 0 Å². The number of piperidine rings is 1. The van der Waals surface area contributed by atoms with Crippen LogP contribution >= 0.6 is 0 Å². The molecule has 0 saturated carbocycles. The van der Waals surface area contributed by atoms with Crippen LogP contribution in [0.25, 0.3) is 28.1 Å². The maximum Gasteiger partial charge on any atom is 0.187 e. The van der Waals surface area contributed by atoms with Crippen LogP contribution in [0.4, 0.5) is 0 Å². The number of nitrogens with zero attached hydrogens (tertiary/aromatic N) is 4. The molecule has 1 aliphatic rings. The Bertz CT molecular complexity index is 1070. The molecule has 4 aromatic rings. The third kappa shape index (κ3) is 2.78. The van der Waals surface area contributed by atoms with E-state index in [9.17, 15) is 0 Å². The van der Waals surface area contributed by atoms with Crippen molar-refractivity contribution in [3.63, 3.8) is 0 Å². The molecule has 0 unspecified atom stereocenters. The van der Waals surface area contributed by atoms with Gasteiger partial charge < -0.3 is 10.1 Å². The summed E-state index contributed by atoms with van der Waals surface area (Å²) in [5, 5.41) is 12.9. The minimum atomic E-state index is 0.295. The van der Waals surface area contributed by atoms with Crippen molar-refractivity contribution in [1.29, 1.82) is 0 Å². The summed E-state index contributed by atoms with van der Waals surface area (Å²) in [7, 11) is 0. The summed E-state index contributed by atoms with van der Waals surface area (Å²) < 4.78 is 8.08. The Labute approximate surface area is 150 Å². The smallest absolute Gasteiger partial charge is 0.187 e. The van der Waals surface area contributed by atoms with Crippen LogP contribution in [0.2, 0.25) is 0 Å². The lowest BCUT2D eigenvalue weighted by Gasteiger charge is -2.23. The number of pyridine rings is 2. The van der Waals surface area contributed by atoms with Gasteiger partial charge in [0.2, 0.25) is 0 Å². The second-order valence-corrected chi connectivity index (χ2v) is 6.57. The number of aromatic nitrogens is 4. The number of ether oxygens (including phenoxy) is 1. The van der Waals surface area contributed by atoms with E-state index in [0.29, 0.717) is 6.10 Å². The molecule has 0 amide bonds. The monoisotopic (exact) mass is 345 g/mol. The number of nitrogens with one attached hydrogen (secondary N) is 1. The van der Waals surface area contributed by atoms with Gasteiger partial charge in [0.1, 0.15) is 17.5 Å². The van der Waals surface area contributed by atoms with E-state index in [-0.39, 0.29) is 0 Å². The Balaban J connectivity index is 1.47. The highest BCUT2D eigenvalue weighted by molar-refractivity contribution is 5.82. The molecule has 130 valence electrons. The molecule has 26 heavy (non-hydrogen) atoms. The Morgan fingerprint density at radius 2 is 1.92 bits per heavy atom. The van der Waals surface area contributed by atoms with Crippen molar-refractivity contribution in [2.24, 2.45) is 0 Å². The second-order valence-electron chi connectivity index (χ2n) is 6.57. The summed E-state index contributed by atoms with van der Waals surface area (Å²) in [6, 6.07) is 16.0. The fourth-order valence-corrected chi connectivity index (χ4v) is 3.42. The Morgan fingerprint density at radius 1 is 1.00 bits per heavy atom. The molecule has 1 fully saturated rings. The normalized spacial score (nSPS) is 15.5. The second kappa shape index (κ2) is 6.38. The number of benzene rings is 1. The van der Waals surface area contributed by atoms with Gasteiger partial charge in [-0.15, -0.1) is 10.2 Å². The highest BCUT2D eigenvalue weighted by atomic mass is 16.5. The van der Waals surface area contributed by atoms with Crippen LogP contribution in [0.5, 0.6) is 5.75 Å². The Hall–Kier alpha value is -2.99. The van der Waals surface area contributed by atoms with E-state index >= 15 is 0 Å². The van der Waals surface area contributed by atoms with Gasteiger partial charge in [-0.3, -0.25) is 4.40 Å². The summed E-state index contributed by atoms with van der Waals surface area (Å²) in [6.45, 7) is 2.05. The summed E-state index contributed by atoms with van der Waals surface area (Å²) in [5.74, 6) is 1.66. The van der Waals surface area contributed by atoms with Gasteiger partial charge >= 0.3 is 0 Å². The summed E-state index contributed by atoms with van der Waals surface area (Å²) in [6.07, 6.45) is 4.35. The van der Waals surface area contributed by atoms with Crippen molar-refractivity contribution >= 4 is 16.6 Å². The molecule has 1 aliphatic heterocycles. The van der Waals surface area contributed by atoms with Crippen molar-refractivity contribution < 1.29 is 4.74 Å². The van der Waals surface area contributed by atoms with E-state index in [4.69, 9.17) is 9.72 Å². The van der Waals surface area contributed by atoms with Gasteiger partial charge in [0, 0.05) is 11.6 Å². The van der Waals surface area contributed by atoms with Crippen LogP contribution in [0.1, 0.15) is 12.8 Å². The van der Waals surface area contributed by atoms with Gasteiger partial charge in [-0.1, -0.05) is 12.1 Å². The van der Waals surface area contributed by atoms with E-state index < -0.39 is 0 Å². The highest BCUT2D eigenvalue weighted by Gasteiger charge is 2.15. The maximum absolute atomic E-state index is 6.13. The average molecular weight is 345 g/mol. The minimum absolute atomic E-state index is 0.295. The van der Waals surface area contributed by atoms with Crippen molar-refractivity contribution in [3.8, 4) is 17.3 Å². The molecule has 1 saturated heterocycles. The SMILES string of the molecule is c1ccn2c(-c3ccc4cc(OC5CCNCC5)ccc4n3)nnc2c1. The molecule has 5 rings (SSSR count). The molecule has 1 aromatic carbocycles. The summed E-state index contributed by atoms with van der Waals surface area (Å²) >= 11 is 0. The van der Waals surface area contributed by atoms with Crippen LogP contribution in [-0.2, 0) is 0 Å². The minimum Gasteiger partial charge on any atom is -0.490 e. The van der Waals surface area contributed by atoms with Crippen molar-refractivity contribution in [2.75, 3.05) is 13.1 Å². The van der Waals surface area contributed by atoms with E-state index in [0.717, 1.165) is 59.7 Å². The lowest BCUT2D eigenvalue weighted by molar-refractivity contribution is 0.162. The third-order valence-electron chi connectivity index (χ3n) is 4.79. The molecule has 6 nitrogen and oxygen atoms in total. The topological polar surface area (TPSA) is 64.3 Å². The third-order valence-corrected chi connectivity index (χ3v) is 4.79. The number of rotatable bonds is 3. The van der Waals surface area contributed by atoms with Gasteiger partial charge in [0.15, 0.2) is 11.5 Å². The van der Waals surface area contributed by atoms with Crippen LogP contribution in [0, 0.1) is 0 Å². The molecule has 3 aromatic heterocycles.